The molecule has 0 fully saturated rings. The van der Waals surface area contributed by atoms with Crippen molar-refractivity contribution in [2.75, 3.05) is 47.5 Å². The molecular weight excluding hydrogens is 509 g/mol. The molecule has 0 saturated heterocycles. The fourth-order valence-corrected chi connectivity index (χ4v) is 3.71. The molecule has 0 aromatic carbocycles. The van der Waals surface area contributed by atoms with Crippen molar-refractivity contribution >= 4 is 13.8 Å². The van der Waals surface area contributed by atoms with Crippen molar-refractivity contribution in [1.82, 2.24) is 0 Å². The first-order valence-electron chi connectivity index (χ1n) is 13.5. The van der Waals surface area contributed by atoms with E-state index in [4.69, 9.17) is 13.8 Å². The molecule has 0 aliphatic heterocycles. The van der Waals surface area contributed by atoms with E-state index in [2.05, 4.69) is 13.0 Å². The highest BCUT2D eigenvalue weighted by Crippen LogP contribution is 2.43. The second-order valence-corrected chi connectivity index (χ2v) is 11.5. The molecule has 0 rings (SSSR count). The van der Waals surface area contributed by atoms with Crippen molar-refractivity contribution in [2.45, 2.75) is 76.9 Å². The van der Waals surface area contributed by atoms with Crippen molar-refractivity contribution in [2.24, 2.45) is 0 Å². The molecule has 0 bridgehead atoms. The lowest BCUT2D eigenvalue weighted by atomic mass is 10.1. The average molecular weight is 561 g/mol. The molecule has 0 aliphatic rings. The lowest BCUT2D eigenvalue weighted by Gasteiger charge is -2.24. The van der Waals surface area contributed by atoms with Crippen LogP contribution in [0, 0.1) is 0 Å². The van der Waals surface area contributed by atoms with Gasteiger partial charge >= 0.3 is 13.8 Å². The Morgan fingerprint density at radius 1 is 0.974 bits per heavy atom. The van der Waals surface area contributed by atoms with E-state index in [0.717, 1.165) is 12.8 Å². The standard InChI is InChI=1S/C28H50NO8P/c1-5-6-7-8-13-16-19-26(31)20-17-14-11-9-10-12-15-18-21-28(32)37-27(24-30)25-36-38(33,34)35-23-22-29(2,3)4/h10-14,16-17,20,26-27,30-31H,5-9,15,18-19,21-25H2,1-4H3/p+1/b12-10-,14-11-,16-13-,20-17+/t26-,27+/m0/s1. The number of ether oxygens (including phenoxy) is 1. The van der Waals surface area contributed by atoms with Gasteiger partial charge < -0.3 is 24.3 Å². The molecule has 0 heterocycles. The van der Waals surface area contributed by atoms with Crippen LogP contribution in [0.3, 0.4) is 0 Å². The van der Waals surface area contributed by atoms with Crippen LogP contribution in [0.25, 0.3) is 0 Å². The highest BCUT2D eigenvalue weighted by atomic mass is 31.2. The van der Waals surface area contributed by atoms with E-state index < -0.39 is 39.2 Å². The molecule has 0 amide bonds. The van der Waals surface area contributed by atoms with Gasteiger partial charge in [-0.05, 0) is 38.5 Å². The fourth-order valence-electron chi connectivity index (χ4n) is 2.96. The molecule has 0 aliphatic carbocycles. The number of aliphatic hydroxyl groups excluding tert-OH is 2. The zero-order valence-electron chi connectivity index (χ0n) is 23.7. The number of carbonyl (C=O) groups excluding carboxylic acids is 1. The number of esters is 1. The fraction of sp³-hybridized carbons (Fsp3) is 0.679. The number of allylic oxidation sites excluding steroid dienone is 6. The molecule has 9 nitrogen and oxygen atoms in total. The number of phosphoric acid groups is 1. The number of likely N-dealkylation sites (N-methyl/N-ethyl adjacent to an activating group) is 1. The Bertz CT molecular complexity index is 773. The van der Waals surface area contributed by atoms with Crippen LogP contribution in [0.1, 0.15) is 64.7 Å². The molecular formula is C28H51NO8P+. The molecule has 0 radical (unpaired) electrons. The van der Waals surface area contributed by atoms with Crippen molar-refractivity contribution in [1.29, 1.82) is 0 Å². The van der Waals surface area contributed by atoms with Gasteiger partial charge in [0.15, 0.2) is 0 Å². The number of unbranched alkanes of at least 4 members (excludes halogenated alkanes) is 4. The van der Waals surface area contributed by atoms with E-state index in [1.165, 1.54) is 19.3 Å². The summed E-state index contributed by atoms with van der Waals surface area (Å²) in [7, 11) is 1.47. The Labute approximate surface area is 229 Å². The SMILES string of the molecule is CCCCC/C=C\C[C@H](O)/C=C/C=C\C/C=C\CCCC(=O)O[C@H](CO)COP(=O)(O)OCC[N+](C)(C)C. The quantitative estimate of drug-likeness (QED) is 0.0405. The second-order valence-electron chi connectivity index (χ2n) is 10.1. The normalized spacial score (nSPS) is 16.1. The summed E-state index contributed by atoms with van der Waals surface area (Å²) in [4.78, 5) is 21.7. The summed E-state index contributed by atoms with van der Waals surface area (Å²) in [5, 5.41) is 19.3. The number of carbonyl (C=O) groups is 1. The third-order valence-corrected chi connectivity index (χ3v) is 6.22. The summed E-state index contributed by atoms with van der Waals surface area (Å²) in [6, 6.07) is 0. The van der Waals surface area contributed by atoms with E-state index >= 15 is 0 Å². The number of nitrogens with zero attached hydrogens (tertiary/aromatic N) is 1. The lowest BCUT2D eigenvalue weighted by molar-refractivity contribution is -0.870. The monoisotopic (exact) mass is 560 g/mol. The summed E-state index contributed by atoms with van der Waals surface area (Å²) in [5.41, 5.74) is 0. The van der Waals surface area contributed by atoms with Crippen molar-refractivity contribution in [3.63, 3.8) is 0 Å². The maximum atomic E-state index is 12.0. The first-order valence-corrected chi connectivity index (χ1v) is 15.0. The number of hydrogen-bond donors (Lipinski definition) is 3. The molecule has 3 atom stereocenters. The van der Waals surface area contributed by atoms with Crippen molar-refractivity contribution in [3.05, 3.63) is 48.6 Å². The molecule has 10 heteroatoms. The van der Waals surface area contributed by atoms with Crippen LogP contribution >= 0.6 is 7.82 Å². The predicted molar refractivity (Wildman–Crippen MR) is 151 cm³/mol. The predicted octanol–water partition coefficient (Wildman–Crippen LogP) is 4.85. The molecule has 220 valence electrons. The molecule has 0 spiro atoms. The molecule has 1 unspecified atom stereocenters. The molecule has 0 aromatic heterocycles. The molecule has 3 N–H and O–H groups in total. The molecule has 0 saturated carbocycles. The van der Waals surface area contributed by atoms with Crippen LogP contribution in [-0.2, 0) is 23.1 Å². The number of quaternary nitrogens is 1. The van der Waals surface area contributed by atoms with E-state index in [-0.39, 0.29) is 13.0 Å². The Kier molecular flexibility index (Phi) is 21.3. The maximum Gasteiger partial charge on any atom is 0.472 e. The zero-order valence-corrected chi connectivity index (χ0v) is 24.6. The van der Waals surface area contributed by atoms with Crippen LogP contribution in [-0.4, -0.2) is 85.3 Å². The van der Waals surface area contributed by atoms with Gasteiger partial charge in [0.25, 0.3) is 0 Å². The Hall–Kier alpha value is -1.58. The van der Waals surface area contributed by atoms with Crippen LogP contribution in [0.4, 0.5) is 0 Å². The summed E-state index contributed by atoms with van der Waals surface area (Å²) in [6.07, 6.45) is 21.6. The topological polar surface area (TPSA) is 123 Å². The maximum absolute atomic E-state index is 12.0. The van der Waals surface area contributed by atoms with Gasteiger partial charge in [-0.25, -0.2) is 4.57 Å². The molecule has 38 heavy (non-hydrogen) atoms. The van der Waals surface area contributed by atoms with E-state index in [0.29, 0.717) is 30.3 Å². The lowest BCUT2D eigenvalue weighted by Crippen LogP contribution is -2.37. The summed E-state index contributed by atoms with van der Waals surface area (Å²) < 4.78 is 27.3. The third kappa shape index (κ3) is 24.7. The van der Waals surface area contributed by atoms with Crippen molar-refractivity contribution < 1.29 is 42.7 Å². The van der Waals surface area contributed by atoms with E-state index in [9.17, 15) is 24.5 Å². The van der Waals surface area contributed by atoms with Gasteiger partial charge in [-0.3, -0.25) is 13.8 Å². The van der Waals surface area contributed by atoms with E-state index in [1.807, 2.05) is 57.6 Å². The van der Waals surface area contributed by atoms with Crippen molar-refractivity contribution in [3.8, 4) is 0 Å². The summed E-state index contributed by atoms with van der Waals surface area (Å²) in [5.74, 6) is -0.515. The smallest absolute Gasteiger partial charge is 0.457 e. The average Bonchev–Trinajstić information content (AvgIpc) is 2.84. The first-order chi connectivity index (χ1) is 18.0. The van der Waals surface area contributed by atoms with Gasteiger partial charge in [-0.2, -0.15) is 0 Å². The highest BCUT2D eigenvalue weighted by molar-refractivity contribution is 7.47. The van der Waals surface area contributed by atoms with Crippen LogP contribution in [0.15, 0.2) is 48.6 Å². The largest absolute Gasteiger partial charge is 0.472 e. The number of rotatable bonds is 23. The van der Waals surface area contributed by atoms with Gasteiger partial charge in [0.05, 0.1) is 40.5 Å². The first kappa shape index (κ1) is 36.4. The Morgan fingerprint density at radius 3 is 2.37 bits per heavy atom. The minimum atomic E-state index is -4.29. The van der Waals surface area contributed by atoms with Crippen LogP contribution in [0.2, 0.25) is 0 Å². The third-order valence-electron chi connectivity index (χ3n) is 5.23. The van der Waals surface area contributed by atoms with Gasteiger partial charge in [0, 0.05) is 6.42 Å². The second kappa shape index (κ2) is 22.3. The van der Waals surface area contributed by atoms with Crippen LogP contribution in [0.5, 0.6) is 0 Å². The Balaban J connectivity index is 4.01. The van der Waals surface area contributed by atoms with Gasteiger partial charge in [-0.15, -0.1) is 0 Å². The summed E-state index contributed by atoms with van der Waals surface area (Å²) >= 11 is 0. The highest BCUT2D eigenvalue weighted by Gasteiger charge is 2.25. The number of aliphatic hydroxyl groups is 2. The van der Waals surface area contributed by atoms with Gasteiger partial charge in [-0.1, -0.05) is 68.4 Å². The molecule has 0 aromatic rings. The zero-order chi connectivity index (χ0) is 28.7. The minimum absolute atomic E-state index is 0.0289. The van der Waals surface area contributed by atoms with Gasteiger partial charge in [0.1, 0.15) is 19.3 Å². The minimum Gasteiger partial charge on any atom is -0.457 e. The number of phosphoric ester groups is 1. The van der Waals surface area contributed by atoms with Gasteiger partial charge in [0.2, 0.25) is 0 Å². The van der Waals surface area contributed by atoms with E-state index in [1.54, 1.807) is 6.08 Å². The number of hydrogen-bond acceptors (Lipinski definition) is 7. The van der Waals surface area contributed by atoms with Crippen LogP contribution < -0.4 is 0 Å². The summed E-state index contributed by atoms with van der Waals surface area (Å²) in [6.45, 7) is 1.76. The Morgan fingerprint density at radius 2 is 1.68 bits per heavy atom.